The molecule has 0 fully saturated rings. The molecule has 0 amide bonds. The molecule has 2 aromatic carbocycles. The molecule has 2 aromatic rings. The number of ether oxygens (including phenoxy) is 1. The normalized spacial score (nSPS) is 10.7. The van der Waals surface area contributed by atoms with Gasteiger partial charge in [0.05, 0.1) is 0 Å². The first-order valence-electron chi connectivity index (χ1n) is 7.24. The molecular weight excluding hydrogens is 248 g/mol. The Balaban J connectivity index is 0.000000206. The van der Waals surface area contributed by atoms with Gasteiger partial charge in [-0.15, -0.1) is 0 Å². The van der Waals surface area contributed by atoms with Crippen molar-refractivity contribution in [2.24, 2.45) is 11.8 Å². The average Bonchev–Trinajstić information content (AvgIpc) is 2.38. The lowest BCUT2D eigenvalue weighted by molar-refractivity contribution is 0.0886. The van der Waals surface area contributed by atoms with Crippen LogP contribution in [0, 0.1) is 11.8 Å². The first-order valence-corrected chi connectivity index (χ1v) is 7.24. The van der Waals surface area contributed by atoms with Gasteiger partial charge in [0.25, 0.3) is 0 Å². The van der Waals surface area contributed by atoms with Gasteiger partial charge in [0.2, 0.25) is 0 Å². The molecule has 2 rings (SSSR count). The van der Waals surface area contributed by atoms with Gasteiger partial charge in [0, 0.05) is 13.2 Å². The van der Waals surface area contributed by atoms with E-state index in [4.69, 9.17) is 9.84 Å². The molecule has 0 aliphatic heterocycles. The monoisotopic (exact) mass is 274 g/mol. The van der Waals surface area contributed by atoms with Crippen molar-refractivity contribution >= 4 is 10.8 Å². The lowest BCUT2D eigenvalue weighted by Gasteiger charge is -2.07. The van der Waals surface area contributed by atoms with Crippen molar-refractivity contribution in [2.75, 3.05) is 13.2 Å². The predicted molar refractivity (Wildman–Crippen MR) is 86.1 cm³/mol. The Bertz CT molecular complexity index is 495. The van der Waals surface area contributed by atoms with Crippen LogP contribution in [0.4, 0.5) is 0 Å². The van der Waals surface area contributed by atoms with Crippen LogP contribution in [0.15, 0.2) is 42.5 Å². The smallest absolute Gasteiger partial charge is 0.116 e. The van der Waals surface area contributed by atoms with E-state index in [1.807, 2.05) is 30.3 Å². The summed E-state index contributed by atoms with van der Waals surface area (Å²) in [6, 6.07) is 13.3. The standard InChI is InChI=1S/C10H8O.C8H18O/c11-10-6-5-8-3-1-2-4-9(8)7-10;1-7(2)5-9-6-8(3)4/h1-7,11H;7-8H,5-6H2,1-4H3. The second kappa shape index (κ2) is 8.60. The average molecular weight is 274 g/mol. The number of phenolic OH excluding ortho intramolecular Hbond substituents is 1. The van der Waals surface area contributed by atoms with Crippen molar-refractivity contribution < 1.29 is 9.84 Å². The fourth-order valence-corrected chi connectivity index (χ4v) is 1.72. The molecule has 0 unspecified atom stereocenters. The lowest BCUT2D eigenvalue weighted by Crippen LogP contribution is -2.06. The first kappa shape index (κ1) is 16.5. The second-order valence-corrected chi connectivity index (χ2v) is 5.86. The van der Waals surface area contributed by atoms with Gasteiger partial charge in [-0.1, -0.05) is 58.0 Å². The van der Waals surface area contributed by atoms with Gasteiger partial charge >= 0.3 is 0 Å². The van der Waals surface area contributed by atoms with Crippen LogP contribution in [0.1, 0.15) is 27.7 Å². The first-order chi connectivity index (χ1) is 9.49. The Labute approximate surface area is 122 Å². The van der Waals surface area contributed by atoms with E-state index in [9.17, 15) is 0 Å². The van der Waals surface area contributed by atoms with Gasteiger partial charge < -0.3 is 9.84 Å². The van der Waals surface area contributed by atoms with Crippen molar-refractivity contribution in [1.82, 2.24) is 0 Å². The van der Waals surface area contributed by atoms with E-state index in [0.717, 1.165) is 24.0 Å². The van der Waals surface area contributed by atoms with Crippen molar-refractivity contribution in [2.45, 2.75) is 27.7 Å². The maximum Gasteiger partial charge on any atom is 0.116 e. The number of benzene rings is 2. The molecule has 0 aliphatic rings. The Morgan fingerprint density at radius 3 is 1.95 bits per heavy atom. The largest absolute Gasteiger partial charge is 0.508 e. The topological polar surface area (TPSA) is 29.5 Å². The van der Waals surface area contributed by atoms with Crippen molar-refractivity contribution in [3.05, 3.63) is 42.5 Å². The summed E-state index contributed by atoms with van der Waals surface area (Å²) >= 11 is 0. The highest BCUT2D eigenvalue weighted by atomic mass is 16.5. The summed E-state index contributed by atoms with van der Waals surface area (Å²) in [5, 5.41) is 11.4. The number of fused-ring (bicyclic) bond motifs is 1. The highest BCUT2D eigenvalue weighted by Crippen LogP contribution is 2.18. The van der Waals surface area contributed by atoms with Crippen LogP contribution < -0.4 is 0 Å². The van der Waals surface area contributed by atoms with Gasteiger partial charge in [-0.2, -0.15) is 0 Å². The van der Waals surface area contributed by atoms with Crippen LogP contribution in [0.5, 0.6) is 5.75 Å². The minimum Gasteiger partial charge on any atom is -0.508 e. The van der Waals surface area contributed by atoms with Gasteiger partial charge in [-0.3, -0.25) is 0 Å². The van der Waals surface area contributed by atoms with Crippen LogP contribution in [0.3, 0.4) is 0 Å². The summed E-state index contributed by atoms with van der Waals surface area (Å²) < 4.78 is 5.36. The summed E-state index contributed by atoms with van der Waals surface area (Å²) in [6.07, 6.45) is 0. The van der Waals surface area contributed by atoms with Crippen molar-refractivity contribution in [3.8, 4) is 5.75 Å². The van der Waals surface area contributed by atoms with Crippen LogP contribution in [0.25, 0.3) is 10.8 Å². The summed E-state index contributed by atoms with van der Waals surface area (Å²) in [4.78, 5) is 0. The summed E-state index contributed by atoms with van der Waals surface area (Å²) in [5.41, 5.74) is 0. The van der Waals surface area contributed by atoms with Gasteiger partial charge in [0.1, 0.15) is 5.75 Å². The number of hydrogen-bond donors (Lipinski definition) is 1. The zero-order valence-electron chi connectivity index (χ0n) is 13.0. The van der Waals surface area contributed by atoms with E-state index < -0.39 is 0 Å². The zero-order valence-corrected chi connectivity index (χ0v) is 13.0. The Kier molecular flexibility index (Phi) is 7.10. The molecule has 0 spiro atoms. The van der Waals surface area contributed by atoms with E-state index in [2.05, 4.69) is 27.7 Å². The molecule has 0 atom stereocenters. The maximum absolute atomic E-state index is 9.13. The molecule has 0 bridgehead atoms. The van der Waals surface area contributed by atoms with E-state index in [1.54, 1.807) is 12.1 Å². The molecule has 0 radical (unpaired) electrons. The van der Waals surface area contributed by atoms with Crippen LogP contribution in [-0.4, -0.2) is 18.3 Å². The Morgan fingerprint density at radius 1 is 0.850 bits per heavy atom. The Hall–Kier alpha value is -1.54. The second-order valence-electron chi connectivity index (χ2n) is 5.86. The zero-order chi connectivity index (χ0) is 15.0. The highest BCUT2D eigenvalue weighted by molar-refractivity contribution is 5.83. The van der Waals surface area contributed by atoms with E-state index in [1.165, 1.54) is 0 Å². The summed E-state index contributed by atoms with van der Waals surface area (Å²) in [6.45, 7) is 10.5. The van der Waals surface area contributed by atoms with E-state index in [-0.39, 0.29) is 0 Å². The number of phenols is 1. The summed E-state index contributed by atoms with van der Waals surface area (Å²) in [7, 11) is 0. The van der Waals surface area contributed by atoms with Gasteiger partial charge in [-0.05, 0) is 34.7 Å². The molecule has 110 valence electrons. The molecule has 0 aliphatic carbocycles. The third kappa shape index (κ3) is 6.58. The van der Waals surface area contributed by atoms with Crippen molar-refractivity contribution in [3.63, 3.8) is 0 Å². The SMILES string of the molecule is CC(C)COCC(C)C.Oc1ccc2ccccc2c1. The molecule has 1 N–H and O–H groups in total. The van der Waals surface area contributed by atoms with Crippen LogP contribution in [0.2, 0.25) is 0 Å². The third-order valence-electron chi connectivity index (χ3n) is 2.64. The maximum atomic E-state index is 9.13. The Morgan fingerprint density at radius 2 is 1.40 bits per heavy atom. The fraction of sp³-hybridized carbons (Fsp3) is 0.444. The van der Waals surface area contributed by atoms with E-state index in [0.29, 0.717) is 17.6 Å². The molecule has 0 saturated heterocycles. The van der Waals surface area contributed by atoms with Crippen LogP contribution >= 0.6 is 0 Å². The predicted octanol–water partition coefficient (Wildman–Crippen LogP) is 4.86. The lowest BCUT2D eigenvalue weighted by atomic mass is 10.1. The quantitative estimate of drug-likeness (QED) is 0.862. The molecule has 0 heterocycles. The minimum absolute atomic E-state index is 0.323. The number of rotatable bonds is 4. The molecule has 2 nitrogen and oxygen atoms in total. The highest BCUT2D eigenvalue weighted by Gasteiger charge is 1.95. The van der Waals surface area contributed by atoms with E-state index >= 15 is 0 Å². The molecule has 20 heavy (non-hydrogen) atoms. The van der Waals surface area contributed by atoms with Gasteiger partial charge in [-0.25, -0.2) is 0 Å². The molecule has 2 heteroatoms. The van der Waals surface area contributed by atoms with Crippen molar-refractivity contribution in [1.29, 1.82) is 0 Å². The fourth-order valence-electron chi connectivity index (χ4n) is 1.72. The van der Waals surface area contributed by atoms with Crippen LogP contribution in [-0.2, 0) is 4.74 Å². The van der Waals surface area contributed by atoms with Gasteiger partial charge in [0.15, 0.2) is 0 Å². The summed E-state index contributed by atoms with van der Waals surface area (Å²) in [5.74, 6) is 1.66. The number of aromatic hydroxyl groups is 1. The molecular formula is C18H26O2. The third-order valence-corrected chi connectivity index (χ3v) is 2.64. The number of hydrogen-bond acceptors (Lipinski definition) is 2. The molecule has 0 aromatic heterocycles. The minimum atomic E-state index is 0.323. The molecule has 0 saturated carbocycles.